The lowest BCUT2D eigenvalue weighted by molar-refractivity contribution is -0.215. The van der Waals surface area contributed by atoms with Gasteiger partial charge < -0.3 is 24.4 Å². The van der Waals surface area contributed by atoms with Crippen LogP contribution in [0.5, 0.6) is 0 Å². The van der Waals surface area contributed by atoms with Gasteiger partial charge in [0.05, 0.1) is 0 Å². The number of carbonyl (C=O) groups is 3. The molecule has 1 rings (SSSR count). The molecule has 0 bridgehead atoms. The number of aliphatic hydroxyl groups is 2. The molecule has 114 valence electrons. The first-order valence-corrected chi connectivity index (χ1v) is 6.10. The van der Waals surface area contributed by atoms with Gasteiger partial charge in [-0.15, -0.1) is 0 Å². The van der Waals surface area contributed by atoms with E-state index in [0.29, 0.717) is 0 Å². The van der Waals surface area contributed by atoms with Gasteiger partial charge in [-0.3, -0.25) is 14.4 Å². The molecule has 0 aromatic rings. The van der Waals surface area contributed by atoms with E-state index in [9.17, 15) is 24.6 Å². The number of hydrogen-bond donors (Lipinski definition) is 2. The Hall–Kier alpha value is -1.67. The molecule has 0 heterocycles. The summed E-state index contributed by atoms with van der Waals surface area (Å²) in [4.78, 5) is 33.0. The first kappa shape index (κ1) is 16.4. The highest BCUT2D eigenvalue weighted by Crippen LogP contribution is 2.28. The summed E-state index contributed by atoms with van der Waals surface area (Å²) < 4.78 is 14.7. The molecular formula is C12H18O8. The zero-order chi connectivity index (χ0) is 15.4. The normalized spacial score (nSPS) is 33.1. The Kier molecular flexibility index (Phi) is 5.46. The van der Waals surface area contributed by atoms with Crippen molar-refractivity contribution in [1.82, 2.24) is 0 Å². The Morgan fingerprint density at radius 3 is 1.70 bits per heavy atom. The molecule has 0 aromatic heterocycles. The Morgan fingerprint density at radius 2 is 1.25 bits per heavy atom. The molecule has 2 N–H and O–H groups in total. The van der Waals surface area contributed by atoms with Crippen LogP contribution in [0, 0.1) is 0 Å². The summed E-state index contributed by atoms with van der Waals surface area (Å²) in [5.74, 6) is -1.98. The molecule has 20 heavy (non-hydrogen) atoms. The van der Waals surface area contributed by atoms with Crippen molar-refractivity contribution in [3.8, 4) is 0 Å². The zero-order valence-electron chi connectivity index (χ0n) is 11.4. The third-order valence-electron chi connectivity index (χ3n) is 2.84. The van der Waals surface area contributed by atoms with E-state index in [1.165, 1.54) is 0 Å². The minimum Gasteiger partial charge on any atom is -0.460 e. The molecule has 0 radical (unpaired) electrons. The van der Waals surface area contributed by atoms with Crippen LogP contribution in [-0.2, 0) is 28.6 Å². The summed E-state index contributed by atoms with van der Waals surface area (Å²) in [5.41, 5.74) is 0. The van der Waals surface area contributed by atoms with Gasteiger partial charge in [0.15, 0.2) is 6.10 Å². The fourth-order valence-corrected chi connectivity index (χ4v) is 2.13. The number of carbonyl (C=O) groups excluding carboxylic acids is 3. The maximum Gasteiger partial charge on any atom is 0.303 e. The maximum atomic E-state index is 11.0. The van der Waals surface area contributed by atoms with Crippen LogP contribution in [0.3, 0.4) is 0 Å². The smallest absolute Gasteiger partial charge is 0.303 e. The van der Waals surface area contributed by atoms with Crippen molar-refractivity contribution in [2.75, 3.05) is 0 Å². The van der Waals surface area contributed by atoms with Gasteiger partial charge >= 0.3 is 17.9 Å². The molecule has 0 saturated heterocycles. The summed E-state index contributed by atoms with van der Waals surface area (Å²) in [6, 6.07) is 0. The van der Waals surface area contributed by atoms with Crippen LogP contribution in [0.1, 0.15) is 27.2 Å². The van der Waals surface area contributed by atoms with E-state index in [0.717, 1.165) is 20.8 Å². The minimum absolute atomic E-state index is 0.0741. The number of hydrogen-bond acceptors (Lipinski definition) is 8. The number of aliphatic hydroxyl groups excluding tert-OH is 2. The first-order chi connectivity index (χ1) is 9.22. The average Bonchev–Trinajstić information content (AvgIpc) is 2.29. The van der Waals surface area contributed by atoms with Crippen molar-refractivity contribution in [1.29, 1.82) is 0 Å². The predicted molar refractivity (Wildman–Crippen MR) is 63.3 cm³/mol. The summed E-state index contributed by atoms with van der Waals surface area (Å²) in [7, 11) is 0. The Labute approximate surface area is 115 Å². The fraction of sp³-hybridized carbons (Fsp3) is 0.750. The van der Waals surface area contributed by atoms with Gasteiger partial charge in [0.2, 0.25) is 0 Å². The van der Waals surface area contributed by atoms with E-state index in [-0.39, 0.29) is 6.42 Å². The van der Waals surface area contributed by atoms with Gasteiger partial charge in [0.1, 0.15) is 24.4 Å². The van der Waals surface area contributed by atoms with Gasteiger partial charge in [0, 0.05) is 27.2 Å². The number of rotatable bonds is 3. The molecular weight excluding hydrogens is 272 g/mol. The topological polar surface area (TPSA) is 119 Å². The number of ether oxygens (including phenoxy) is 3. The van der Waals surface area contributed by atoms with Crippen LogP contribution in [0.15, 0.2) is 0 Å². The van der Waals surface area contributed by atoms with Gasteiger partial charge in [-0.05, 0) is 0 Å². The molecule has 0 spiro atoms. The third kappa shape index (κ3) is 4.17. The largest absolute Gasteiger partial charge is 0.460 e. The fourth-order valence-electron chi connectivity index (χ4n) is 2.13. The molecule has 5 atom stereocenters. The highest BCUT2D eigenvalue weighted by atomic mass is 16.6. The molecule has 0 unspecified atom stereocenters. The second kappa shape index (κ2) is 6.67. The van der Waals surface area contributed by atoms with Crippen molar-refractivity contribution in [3.05, 3.63) is 0 Å². The zero-order valence-corrected chi connectivity index (χ0v) is 11.4. The number of esters is 3. The van der Waals surface area contributed by atoms with E-state index >= 15 is 0 Å². The highest BCUT2D eigenvalue weighted by molar-refractivity contribution is 5.68. The van der Waals surface area contributed by atoms with Crippen LogP contribution in [0.4, 0.5) is 0 Å². The lowest BCUT2D eigenvalue weighted by Crippen LogP contribution is -2.59. The molecule has 0 aliphatic heterocycles. The quantitative estimate of drug-likeness (QED) is 0.497. The summed E-state index contributed by atoms with van der Waals surface area (Å²) in [6.45, 7) is 3.43. The van der Waals surface area contributed by atoms with Crippen molar-refractivity contribution < 1.29 is 38.8 Å². The third-order valence-corrected chi connectivity index (χ3v) is 2.84. The van der Waals surface area contributed by atoms with Crippen LogP contribution >= 0.6 is 0 Å². The lowest BCUT2D eigenvalue weighted by atomic mass is 9.87. The van der Waals surface area contributed by atoms with Crippen LogP contribution in [-0.4, -0.2) is 58.6 Å². The standard InChI is InChI=1S/C12H18O8/c1-5(13)18-8-4-9(19-6(2)14)12(20-7(3)15)11(17)10(8)16/h8-12,16-17H,4H2,1-3H3/t8-,9+,10+,11+,12+/m0/s1. The molecule has 1 saturated carbocycles. The van der Waals surface area contributed by atoms with Crippen molar-refractivity contribution in [2.45, 2.75) is 57.7 Å². The summed E-state index contributed by atoms with van der Waals surface area (Å²) in [5, 5.41) is 19.8. The van der Waals surface area contributed by atoms with Crippen LogP contribution < -0.4 is 0 Å². The van der Waals surface area contributed by atoms with Crippen LogP contribution in [0.2, 0.25) is 0 Å². The van der Waals surface area contributed by atoms with E-state index in [1.54, 1.807) is 0 Å². The predicted octanol–water partition coefficient (Wildman–Crippen LogP) is -1.09. The first-order valence-electron chi connectivity index (χ1n) is 6.10. The van der Waals surface area contributed by atoms with E-state index < -0.39 is 48.4 Å². The van der Waals surface area contributed by atoms with E-state index in [1.807, 2.05) is 0 Å². The molecule has 0 aromatic carbocycles. The van der Waals surface area contributed by atoms with Gasteiger partial charge in [-0.1, -0.05) is 0 Å². The molecule has 0 amide bonds. The van der Waals surface area contributed by atoms with E-state index in [4.69, 9.17) is 14.2 Å². The Morgan fingerprint density at radius 1 is 0.800 bits per heavy atom. The monoisotopic (exact) mass is 290 g/mol. The van der Waals surface area contributed by atoms with Crippen molar-refractivity contribution >= 4 is 17.9 Å². The molecule has 1 aliphatic carbocycles. The van der Waals surface area contributed by atoms with Gasteiger partial charge in [-0.2, -0.15) is 0 Å². The molecule has 1 aliphatic rings. The van der Waals surface area contributed by atoms with Crippen molar-refractivity contribution in [2.24, 2.45) is 0 Å². The molecule has 8 nitrogen and oxygen atoms in total. The second-order valence-corrected chi connectivity index (χ2v) is 4.59. The maximum absolute atomic E-state index is 11.0. The van der Waals surface area contributed by atoms with Crippen molar-refractivity contribution in [3.63, 3.8) is 0 Å². The van der Waals surface area contributed by atoms with Gasteiger partial charge in [0.25, 0.3) is 0 Å². The lowest BCUT2D eigenvalue weighted by Gasteiger charge is -2.40. The second-order valence-electron chi connectivity index (χ2n) is 4.59. The minimum atomic E-state index is -1.53. The Balaban J connectivity index is 2.90. The van der Waals surface area contributed by atoms with Crippen LogP contribution in [0.25, 0.3) is 0 Å². The van der Waals surface area contributed by atoms with Gasteiger partial charge in [-0.25, -0.2) is 0 Å². The average molecular weight is 290 g/mol. The molecule has 1 fully saturated rings. The SMILES string of the molecule is CC(=O)O[C@H]1[C@H](O)[C@H](O)[C@@H](OC(C)=O)C[C@H]1OC(C)=O. The summed E-state index contributed by atoms with van der Waals surface area (Å²) >= 11 is 0. The van der Waals surface area contributed by atoms with E-state index in [2.05, 4.69) is 0 Å². The molecule has 8 heteroatoms. The Bertz CT molecular complexity index is 393. The highest BCUT2D eigenvalue weighted by Gasteiger charge is 2.48. The summed E-state index contributed by atoms with van der Waals surface area (Å²) in [6.07, 6.45) is -6.29.